The van der Waals surface area contributed by atoms with Gasteiger partial charge in [0.2, 0.25) is 5.91 Å². The van der Waals surface area contributed by atoms with Crippen LogP contribution in [0.2, 0.25) is 0 Å². The average Bonchev–Trinajstić information content (AvgIpc) is 3.11. The highest BCUT2D eigenvalue weighted by atomic mass is 16.5. The molecular formula is C31H32N2O5. The molecule has 3 aromatic rings. The van der Waals surface area contributed by atoms with Gasteiger partial charge in [-0.15, -0.1) is 0 Å². The number of para-hydroxylation sites is 2. The molecule has 1 heterocycles. The Kier molecular flexibility index (Phi) is 7.09. The number of anilines is 2. The first-order valence-corrected chi connectivity index (χ1v) is 12.8. The van der Waals surface area contributed by atoms with Gasteiger partial charge < -0.3 is 19.5 Å². The van der Waals surface area contributed by atoms with Crippen LogP contribution >= 0.6 is 0 Å². The van der Waals surface area contributed by atoms with Crippen LogP contribution in [0.1, 0.15) is 49.3 Å². The maximum atomic E-state index is 14.0. The van der Waals surface area contributed by atoms with Crippen LogP contribution in [0.4, 0.5) is 11.4 Å². The first-order chi connectivity index (χ1) is 18.5. The molecule has 38 heavy (non-hydrogen) atoms. The molecule has 0 unspecified atom stereocenters. The Morgan fingerprint density at radius 2 is 1.61 bits per heavy atom. The van der Waals surface area contributed by atoms with Crippen molar-refractivity contribution in [1.82, 2.24) is 0 Å². The fourth-order valence-corrected chi connectivity index (χ4v) is 5.48. The van der Waals surface area contributed by atoms with Gasteiger partial charge in [-0.25, -0.2) is 0 Å². The number of carbonyl (C=O) groups is 2. The topological polar surface area (TPSA) is 77.1 Å². The molecule has 7 heteroatoms. The maximum Gasteiger partial charge on any atom is 0.227 e. The Morgan fingerprint density at radius 1 is 0.895 bits per heavy atom. The van der Waals surface area contributed by atoms with E-state index < -0.39 is 6.04 Å². The number of hydrogen-bond acceptors (Lipinski definition) is 6. The Balaban J connectivity index is 1.66. The zero-order valence-electron chi connectivity index (χ0n) is 22.1. The van der Waals surface area contributed by atoms with Crippen LogP contribution in [0, 0.1) is 0 Å². The van der Waals surface area contributed by atoms with Crippen LogP contribution in [0.25, 0.3) is 0 Å². The van der Waals surface area contributed by atoms with Crippen molar-refractivity contribution in [3.05, 3.63) is 89.1 Å². The summed E-state index contributed by atoms with van der Waals surface area (Å²) in [6.45, 7) is 1.85. The van der Waals surface area contributed by atoms with Gasteiger partial charge in [0.05, 0.1) is 38.7 Å². The van der Waals surface area contributed by atoms with E-state index in [1.165, 1.54) is 0 Å². The minimum atomic E-state index is -0.557. The zero-order chi connectivity index (χ0) is 26.8. The van der Waals surface area contributed by atoms with Gasteiger partial charge in [-0.2, -0.15) is 0 Å². The number of rotatable bonds is 6. The first kappa shape index (κ1) is 25.4. The maximum absolute atomic E-state index is 14.0. The lowest BCUT2D eigenvalue weighted by Crippen LogP contribution is -2.38. The standard InChI is InChI=1S/C31H32N2O5/c1-5-29(35)33-25-9-7-6-8-23(25)32-24-16-21(20-12-15-27(37-3)28(18-20)38-4)17-26(34)30(24)31(33)19-10-13-22(36-2)14-11-19/h6-15,18,21,31-32H,5,16-17H2,1-4H3/t21-,31+/m1/s1. The predicted octanol–water partition coefficient (Wildman–Crippen LogP) is 6.02. The molecule has 0 saturated heterocycles. The largest absolute Gasteiger partial charge is 0.497 e. The molecule has 1 N–H and O–H groups in total. The number of fused-ring (bicyclic) bond motifs is 1. The Labute approximate surface area is 223 Å². The number of nitrogens with zero attached hydrogens (tertiary/aromatic N) is 1. The number of allylic oxidation sites excluding steroid dienone is 1. The van der Waals surface area contributed by atoms with Crippen molar-refractivity contribution in [2.45, 2.75) is 38.1 Å². The van der Waals surface area contributed by atoms with Crippen molar-refractivity contribution in [2.75, 3.05) is 31.5 Å². The number of carbonyl (C=O) groups excluding carboxylic acids is 2. The Bertz CT molecular complexity index is 1400. The van der Waals surface area contributed by atoms with Crippen molar-refractivity contribution in [1.29, 1.82) is 0 Å². The third-order valence-corrected chi connectivity index (χ3v) is 7.37. The number of ether oxygens (including phenoxy) is 3. The summed E-state index contributed by atoms with van der Waals surface area (Å²) >= 11 is 0. The van der Waals surface area contributed by atoms with Crippen molar-refractivity contribution in [3.8, 4) is 17.2 Å². The minimum absolute atomic E-state index is 0.0149. The van der Waals surface area contributed by atoms with Crippen LogP contribution < -0.4 is 24.4 Å². The quantitative estimate of drug-likeness (QED) is 0.435. The van der Waals surface area contributed by atoms with Gasteiger partial charge in [0, 0.05) is 24.1 Å². The van der Waals surface area contributed by atoms with Gasteiger partial charge in [-0.3, -0.25) is 14.5 Å². The molecule has 2 aliphatic rings. The van der Waals surface area contributed by atoms with Crippen molar-refractivity contribution in [3.63, 3.8) is 0 Å². The first-order valence-electron chi connectivity index (χ1n) is 12.8. The average molecular weight is 513 g/mol. The highest BCUT2D eigenvalue weighted by molar-refractivity contribution is 6.06. The highest BCUT2D eigenvalue weighted by Gasteiger charge is 2.41. The molecule has 3 aromatic carbocycles. The van der Waals surface area contributed by atoms with Gasteiger partial charge in [0.25, 0.3) is 0 Å². The summed E-state index contributed by atoms with van der Waals surface area (Å²) in [5.74, 6) is 1.91. The molecule has 0 bridgehead atoms. The van der Waals surface area contributed by atoms with Gasteiger partial charge >= 0.3 is 0 Å². The van der Waals surface area contributed by atoms with Crippen molar-refractivity contribution >= 4 is 23.1 Å². The van der Waals surface area contributed by atoms with E-state index >= 15 is 0 Å². The number of hydrogen-bond donors (Lipinski definition) is 1. The second-order valence-corrected chi connectivity index (χ2v) is 9.47. The van der Waals surface area contributed by atoms with E-state index in [-0.39, 0.29) is 17.6 Å². The SMILES string of the molecule is CCC(=O)N1c2ccccc2NC2=C(C(=O)C[C@H](c3ccc(OC)c(OC)c3)C2)[C@@H]1c1ccc(OC)cc1. The lowest BCUT2D eigenvalue weighted by molar-refractivity contribution is -0.119. The molecule has 1 amide bonds. The van der Waals surface area contributed by atoms with Crippen LogP contribution in [0.3, 0.4) is 0 Å². The second kappa shape index (κ2) is 10.6. The molecule has 1 aliphatic heterocycles. The molecule has 0 spiro atoms. The van der Waals surface area contributed by atoms with E-state index in [2.05, 4.69) is 5.32 Å². The molecule has 196 valence electrons. The van der Waals surface area contributed by atoms with Gasteiger partial charge in [0.15, 0.2) is 17.3 Å². The number of Topliss-reactive ketones (excluding diaryl/α,β-unsaturated/α-hetero) is 1. The second-order valence-electron chi connectivity index (χ2n) is 9.47. The normalized spacial score (nSPS) is 18.6. The third kappa shape index (κ3) is 4.49. The number of amides is 1. The van der Waals surface area contributed by atoms with E-state index in [0.29, 0.717) is 42.1 Å². The van der Waals surface area contributed by atoms with E-state index in [0.717, 1.165) is 28.2 Å². The monoisotopic (exact) mass is 512 g/mol. The molecule has 2 atom stereocenters. The van der Waals surface area contributed by atoms with Crippen molar-refractivity contribution in [2.24, 2.45) is 0 Å². The third-order valence-electron chi connectivity index (χ3n) is 7.37. The molecular weight excluding hydrogens is 480 g/mol. The molecule has 1 aliphatic carbocycles. The summed E-state index contributed by atoms with van der Waals surface area (Å²) in [6, 6.07) is 20.6. The number of benzene rings is 3. The fraction of sp³-hybridized carbons (Fsp3) is 0.290. The van der Waals surface area contributed by atoms with Gasteiger partial charge in [0.1, 0.15) is 5.75 Å². The number of nitrogens with one attached hydrogen (secondary N) is 1. The van der Waals surface area contributed by atoms with Crippen LogP contribution in [0.15, 0.2) is 78.0 Å². The van der Waals surface area contributed by atoms with Crippen LogP contribution in [-0.4, -0.2) is 33.0 Å². The zero-order valence-corrected chi connectivity index (χ0v) is 22.1. The Morgan fingerprint density at radius 3 is 2.29 bits per heavy atom. The predicted molar refractivity (Wildman–Crippen MR) is 147 cm³/mol. The van der Waals surface area contributed by atoms with E-state index in [1.54, 1.807) is 26.2 Å². The summed E-state index contributed by atoms with van der Waals surface area (Å²) in [7, 11) is 4.83. The van der Waals surface area contributed by atoms with Crippen LogP contribution in [0.5, 0.6) is 17.2 Å². The van der Waals surface area contributed by atoms with E-state index in [9.17, 15) is 9.59 Å². The molecule has 0 fully saturated rings. The highest BCUT2D eigenvalue weighted by Crippen LogP contribution is 2.48. The summed E-state index contributed by atoms with van der Waals surface area (Å²) in [6.07, 6.45) is 1.25. The fourth-order valence-electron chi connectivity index (χ4n) is 5.48. The summed E-state index contributed by atoms with van der Waals surface area (Å²) < 4.78 is 16.3. The molecule has 0 aromatic heterocycles. The lowest BCUT2D eigenvalue weighted by Gasteiger charge is -2.35. The summed E-state index contributed by atoms with van der Waals surface area (Å²) in [5.41, 5.74) is 4.88. The van der Waals surface area contributed by atoms with Gasteiger partial charge in [-0.05, 0) is 59.9 Å². The molecule has 7 nitrogen and oxygen atoms in total. The van der Waals surface area contributed by atoms with Gasteiger partial charge in [-0.1, -0.05) is 37.3 Å². The van der Waals surface area contributed by atoms with Crippen LogP contribution in [-0.2, 0) is 9.59 Å². The summed E-state index contributed by atoms with van der Waals surface area (Å²) in [5, 5.41) is 3.56. The lowest BCUT2D eigenvalue weighted by atomic mass is 9.78. The number of ketones is 1. The number of methoxy groups -OCH3 is 3. The summed E-state index contributed by atoms with van der Waals surface area (Å²) in [4.78, 5) is 29.3. The molecule has 0 saturated carbocycles. The van der Waals surface area contributed by atoms with E-state index in [4.69, 9.17) is 14.2 Å². The van der Waals surface area contributed by atoms with Crippen molar-refractivity contribution < 1.29 is 23.8 Å². The Hall–Kier alpha value is -4.26. The molecule has 5 rings (SSSR count). The minimum Gasteiger partial charge on any atom is -0.497 e. The van der Waals surface area contributed by atoms with E-state index in [1.807, 2.05) is 73.7 Å². The molecule has 0 radical (unpaired) electrons. The smallest absolute Gasteiger partial charge is 0.227 e.